The fourth-order valence-corrected chi connectivity index (χ4v) is 5.44. The molecule has 1 aliphatic rings. The van der Waals surface area contributed by atoms with Gasteiger partial charge in [-0.3, -0.25) is 4.98 Å². The zero-order valence-corrected chi connectivity index (χ0v) is 17.2. The highest BCUT2D eigenvalue weighted by Gasteiger charge is 2.24. The number of anilines is 1. The number of hydrogen-bond donors (Lipinski definition) is 2. The molecular weight excluding hydrogens is 378 g/mol. The maximum absolute atomic E-state index is 10.6. The molecule has 0 fully saturated rings. The second-order valence-corrected chi connectivity index (χ2v) is 9.11. The molecule has 0 saturated carbocycles. The lowest BCUT2D eigenvalue weighted by atomic mass is 9.97. The number of thiophene rings is 1. The van der Waals surface area contributed by atoms with E-state index in [0.29, 0.717) is 23.8 Å². The minimum atomic E-state index is -0.806. The minimum Gasteiger partial charge on any atom is -0.387 e. The van der Waals surface area contributed by atoms with Crippen molar-refractivity contribution in [3.05, 3.63) is 29.0 Å². The van der Waals surface area contributed by atoms with Crippen LogP contribution >= 0.6 is 23.1 Å². The first kappa shape index (κ1) is 18.6. The second-order valence-electron chi connectivity index (χ2n) is 7.16. The Morgan fingerprint density at radius 3 is 2.89 bits per heavy atom. The van der Waals surface area contributed by atoms with Crippen molar-refractivity contribution in [3.8, 4) is 11.5 Å². The van der Waals surface area contributed by atoms with Crippen molar-refractivity contribution in [1.29, 1.82) is 0 Å². The molecule has 4 rings (SSSR count). The third kappa shape index (κ3) is 3.93. The Balaban J connectivity index is 1.79. The van der Waals surface area contributed by atoms with E-state index >= 15 is 0 Å². The van der Waals surface area contributed by atoms with Crippen LogP contribution in [0.5, 0.6) is 0 Å². The summed E-state index contributed by atoms with van der Waals surface area (Å²) < 4.78 is 0. The molecule has 2 N–H and O–H groups in total. The van der Waals surface area contributed by atoms with Crippen LogP contribution in [0, 0.1) is 0 Å². The number of aryl methyl sites for hydroxylation is 2. The molecule has 1 atom stereocenters. The topological polar surface area (TPSA) is 83.8 Å². The predicted octanol–water partition coefficient (Wildman–Crippen LogP) is 3.55. The van der Waals surface area contributed by atoms with Crippen LogP contribution in [-0.2, 0) is 12.8 Å². The van der Waals surface area contributed by atoms with Gasteiger partial charge >= 0.3 is 0 Å². The van der Waals surface area contributed by atoms with E-state index in [9.17, 15) is 5.11 Å². The third-order valence-corrected chi connectivity index (χ3v) is 6.80. The summed E-state index contributed by atoms with van der Waals surface area (Å²) in [4.78, 5) is 20.5. The van der Waals surface area contributed by atoms with Crippen molar-refractivity contribution >= 4 is 39.1 Å². The van der Waals surface area contributed by atoms with Gasteiger partial charge < -0.3 is 10.4 Å². The lowest BCUT2D eigenvalue weighted by molar-refractivity contribution is 0.0996. The van der Waals surface area contributed by atoms with Gasteiger partial charge in [-0.1, -0.05) is 0 Å². The summed E-state index contributed by atoms with van der Waals surface area (Å²) in [5, 5.41) is 15.1. The van der Waals surface area contributed by atoms with Crippen molar-refractivity contribution in [2.45, 2.75) is 38.2 Å². The van der Waals surface area contributed by atoms with Gasteiger partial charge in [-0.2, -0.15) is 11.8 Å². The molecule has 3 aromatic heterocycles. The number of thioether (sulfide) groups is 1. The van der Waals surface area contributed by atoms with Gasteiger partial charge in [0.25, 0.3) is 0 Å². The highest BCUT2D eigenvalue weighted by atomic mass is 32.2. The van der Waals surface area contributed by atoms with Crippen LogP contribution in [0.25, 0.3) is 21.7 Å². The van der Waals surface area contributed by atoms with Gasteiger partial charge in [0.1, 0.15) is 16.3 Å². The highest BCUT2D eigenvalue weighted by molar-refractivity contribution is 7.98. The molecule has 6 nitrogen and oxygen atoms in total. The van der Waals surface area contributed by atoms with Gasteiger partial charge in [-0.05, 0) is 44.4 Å². The van der Waals surface area contributed by atoms with E-state index in [1.54, 1.807) is 41.7 Å². The van der Waals surface area contributed by atoms with Crippen molar-refractivity contribution in [2.75, 3.05) is 23.9 Å². The van der Waals surface area contributed by atoms with Gasteiger partial charge in [0.15, 0.2) is 5.82 Å². The average molecular weight is 402 g/mol. The summed E-state index contributed by atoms with van der Waals surface area (Å²) in [5.74, 6) is 2.02. The molecule has 0 amide bonds. The molecule has 3 heterocycles. The fourth-order valence-electron chi connectivity index (χ4n) is 3.45. The zero-order valence-electron chi connectivity index (χ0n) is 15.5. The molecule has 8 heteroatoms. The molecule has 0 aliphatic heterocycles. The van der Waals surface area contributed by atoms with E-state index < -0.39 is 5.60 Å². The van der Waals surface area contributed by atoms with Crippen LogP contribution in [0.1, 0.15) is 30.2 Å². The maximum Gasteiger partial charge on any atom is 0.183 e. The average Bonchev–Trinajstić information content (AvgIpc) is 3.05. The minimum absolute atomic E-state index is 0.435. The van der Waals surface area contributed by atoms with E-state index in [0.717, 1.165) is 28.9 Å². The van der Waals surface area contributed by atoms with E-state index in [2.05, 4.69) is 15.3 Å². The summed E-state index contributed by atoms with van der Waals surface area (Å²) in [6.07, 6.45) is 11.6. The first-order valence-electron chi connectivity index (χ1n) is 9.11. The molecule has 27 heavy (non-hydrogen) atoms. The van der Waals surface area contributed by atoms with Crippen molar-refractivity contribution in [3.63, 3.8) is 0 Å². The lowest BCUT2D eigenvalue weighted by Gasteiger charge is -2.23. The molecule has 1 unspecified atom stereocenters. The van der Waals surface area contributed by atoms with Crippen molar-refractivity contribution < 1.29 is 5.11 Å². The monoisotopic (exact) mass is 401 g/mol. The van der Waals surface area contributed by atoms with Crippen LogP contribution in [0.3, 0.4) is 0 Å². The normalized spacial score (nSPS) is 16.1. The Bertz CT molecular complexity index is 942. The smallest absolute Gasteiger partial charge is 0.183 e. The quantitative estimate of drug-likeness (QED) is 0.653. The zero-order chi connectivity index (χ0) is 18.9. The summed E-state index contributed by atoms with van der Waals surface area (Å²) in [6, 6.07) is 0. The van der Waals surface area contributed by atoms with E-state index in [-0.39, 0.29) is 0 Å². The number of rotatable bonds is 6. The van der Waals surface area contributed by atoms with Gasteiger partial charge in [0.05, 0.1) is 17.2 Å². The van der Waals surface area contributed by atoms with Crippen LogP contribution in [0.4, 0.5) is 5.82 Å². The van der Waals surface area contributed by atoms with E-state index in [1.165, 1.54) is 23.3 Å². The summed E-state index contributed by atoms with van der Waals surface area (Å²) in [7, 11) is 0. The van der Waals surface area contributed by atoms with E-state index in [4.69, 9.17) is 9.97 Å². The Morgan fingerprint density at radius 1 is 1.26 bits per heavy atom. The Kier molecular flexibility index (Phi) is 5.29. The molecule has 0 saturated heterocycles. The van der Waals surface area contributed by atoms with E-state index in [1.807, 2.05) is 13.2 Å². The van der Waals surface area contributed by atoms with Crippen LogP contribution < -0.4 is 5.32 Å². The van der Waals surface area contributed by atoms with Gasteiger partial charge in [0, 0.05) is 29.6 Å². The Labute approximate surface area is 166 Å². The third-order valence-electron chi connectivity index (χ3n) is 4.70. The second kappa shape index (κ2) is 7.69. The van der Waals surface area contributed by atoms with Crippen molar-refractivity contribution in [2.24, 2.45) is 0 Å². The molecule has 142 valence electrons. The van der Waals surface area contributed by atoms with Crippen LogP contribution in [0.15, 0.2) is 18.6 Å². The molecular formula is C19H23N5OS2. The highest BCUT2D eigenvalue weighted by Crippen LogP contribution is 2.39. The fraction of sp³-hybridized carbons (Fsp3) is 0.474. The Hall–Kier alpha value is -1.77. The summed E-state index contributed by atoms with van der Waals surface area (Å²) in [5.41, 5.74) is 1.23. The van der Waals surface area contributed by atoms with Crippen LogP contribution in [0.2, 0.25) is 0 Å². The summed E-state index contributed by atoms with van der Waals surface area (Å²) in [6.45, 7) is 2.28. The SMILES string of the molecule is CSCC(C)(O)CNc1nc(-c2cnccn2)nc2sc3c(c12)CCCC3. The molecule has 0 spiro atoms. The molecule has 0 bridgehead atoms. The lowest BCUT2D eigenvalue weighted by Crippen LogP contribution is -2.36. The maximum atomic E-state index is 10.6. The number of aromatic nitrogens is 4. The molecule has 1 aliphatic carbocycles. The number of nitrogens with one attached hydrogen (secondary N) is 1. The van der Waals surface area contributed by atoms with Gasteiger partial charge in [-0.25, -0.2) is 15.0 Å². The molecule has 3 aromatic rings. The largest absolute Gasteiger partial charge is 0.387 e. The summed E-state index contributed by atoms with van der Waals surface area (Å²) >= 11 is 3.39. The molecule has 0 radical (unpaired) electrons. The number of nitrogens with zero attached hydrogens (tertiary/aromatic N) is 4. The van der Waals surface area contributed by atoms with Crippen LogP contribution in [-0.4, -0.2) is 49.2 Å². The van der Waals surface area contributed by atoms with Gasteiger partial charge in [0.2, 0.25) is 0 Å². The number of aliphatic hydroxyl groups is 1. The van der Waals surface area contributed by atoms with Crippen molar-refractivity contribution in [1.82, 2.24) is 19.9 Å². The number of hydrogen-bond acceptors (Lipinski definition) is 8. The standard InChI is InChI=1S/C19H23N5OS2/c1-19(25,11-26-2)10-22-17-15-12-5-3-4-6-14(12)27-18(15)24-16(23-17)13-9-20-7-8-21-13/h7-9,25H,3-6,10-11H2,1-2H3,(H,22,23,24). The first-order valence-corrected chi connectivity index (χ1v) is 11.3. The first-order chi connectivity index (χ1) is 13.1. The van der Waals surface area contributed by atoms with Gasteiger partial charge in [-0.15, -0.1) is 11.3 Å². The predicted molar refractivity (Wildman–Crippen MR) is 113 cm³/mol. The Morgan fingerprint density at radius 2 is 2.11 bits per heavy atom. The number of fused-ring (bicyclic) bond motifs is 3. The molecule has 0 aromatic carbocycles.